The Morgan fingerprint density at radius 3 is 2.71 bits per heavy atom. The van der Waals surface area contributed by atoms with Crippen LogP contribution in [0.5, 0.6) is 0 Å². The van der Waals surface area contributed by atoms with Gasteiger partial charge in [0.2, 0.25) is 0 Å². The van der Waals surface area contributed by atoms with Gasteiger partial charge in [-0.2, -0.15) is 0 Å². The number of benzene rings is 1. The molecule has 1 aromatic carbocycles. The Kier molecular flexibility index (Phi) is 2.52. The van der Waals surface area contributed by atoms with Gasteiger partial charge in [-0.15, -0.1) is 0 Å². The lowest BCUT2D eigenvalue weighted by molar-refractivity contribution is 0.241. The van der Waals surface area contributed by atoms with Crippen molar-refractivity contribution in [1.29, 1.82) is 0 Å². The third-order valence-electron chi connectivity index (χ3n) is 3.55. The van der Waals surface area contributed by atoms with Gasteiger partial charge in [-0.3, -0.25) is 11.6 Å². The van der Waals surface area contributed by atoms with E-state index in [1.54, 1.807) is 0 Å². The topological polar surface area (TPSA) is 41.0 Å². The molecule has 1 aromatic heterocycles. The van der Waals surface area contributed by atoms with Crippen LogP contribution in [-0.4, -0.2) is 27.5 Å². The molecule has 1 aliphatic rings. The minimum atomic E-state index is 0.00807. The number of hydrogen-bond donors (Lipinski definition) is 1. The van der Waals surface area contributed by atoms with E-state index in [0.717, 1.165) is 37.0 Å². The van der Waals surface area contributed by atoms with Crippen molar-refractivity contribution in [2.24, 2.45) is 0 Å². The number of nitrogens with one attached hydrogen (secondary N) is 1. The second-order valence-corrected chi connectivity index (χ2v) is 4.67. The van der Waals surface area contributed by atoms with E-state index in [2.05, 4.69) is 16.9 Å². The molecule has 0 spiro atoms. The molecule has 1 saturated heterocycles. The molecular formula is C13H16N3O-. The first-order chi connectivity index (χ1) is 8.25. The van der Waals surface area contributed by atoms with Crippen LogP contribution in [0.4, 0.5) is 0 Å². The average Bonchev–Trinajstić information content (AvgIpc) is 2.66. The number of hydrogen-bond acceptors (Lipinski definition) is 2. The summed E-state index contributed by atoms with van der Waals surface area (Å²) in [5, 5.41) is 0. The van der Waals surface area contributed by atoms with Gasteiger partial charge in [0, 0.05) is 6.04 Å². The zero-order chi connectivity index (χ0) is 11.8. The van der Waals surface area contributed by atoms with Gasteiger partial charge < -0.3 is 9.88 Å². The number of imidazole rings is 1. The maximum atomic E-state index is 12.0. The summed E-state index contributed by atoms with van der Waals surface area (Å²) in [5.41, 5.74) is 1.95. The highest BCUT2D eigenvalue weighted by Crippen LogP contribution is 2.24. The van der Waals surface area contributed by atoms with Gasteiger partial charge in [-0.05, 0) is 38.1 Å². The Hall–Kier alpha value is -1.55. The molecule has 90 valence electrons. The van der Waals surface area contributed by atoms with Gasteiger partial charge in [-0.1, -0.05) is 12.1 Å². The fourth-order valence-corrected chi connectivity index (χ4v) is 2.61. The third kappa shape index (κ3) is 1.78. The highest BCUT2D eigenvalue weighted by molar-refractivity contribution is 5.75. The van der Waals surface area contributed by atoms with Crippen molar-refractivity contribution < 1.29 is 0 Å². The summed E-state index contributed by atoms with van der Waals surface area (Å²) in [6.07, 6.45) is 1.98. The van der Waals surface area contributed by atoms with E-state index in [1.165, 1.54) is 0 Å². The van der Waals surface area contributed by atoms with Crippen LogP contribution in [0.3, 0.4) is 0 Å². The summed E-state index contributed by atoms with van der Waals surface area (Å²) < 4.78 is 1.91. The van der Waals surface area contributed by atoms with Crippen molar-refractivity contribution in [3.8, 4) is 0 Å². The van der Waals surface area contributed by atoms with Crippen molar-refractivity contribution >= 4 is 11.0 Å². The van der Waals surface area contributed by atoms with E-state index in [4.69, 9.17) is 0 Å². The van der Waals surface area contributed by atoms with Crippen LogP contribution in [-0.2, 0) is 0 Å². The number of rotatable bonds is 1. The Morgan fingerprint density at radius 2 is 1.94 bits per heavy atom. The molecule has 0 aliphatic carbocycles. The minimum Gasteiger partial charge on any atom is -0.459 e. The number of H-pyrrole nitrogens is 1. The van der Waals surface area contributed by atoms with Crippen LogP contribution in [0, 0.1) is 7.05 Å². The average molecular weight is 230 g/mol. The molecule has 0 atom stereocenters. The second kappa shape index (κ2) is 4.04. The van der Waals surface area contributed by atoms with Gasteiger partial charge in [-0.25, -0.2) is 4.79 Å². The molecule has 1 N–H and O–H groups in total. The molecule has 0 radical (unpaired) electrons. The summed E-state index contributed by atoms with van der Waals surface area (Å²) in [7, 11) is 3.94. The number of nitrogens with zero attached hydrogens (tertiary/aromatic N) is 2. The van der Waals surface area contributed by atoms with E-state index >= 15 is 0 Å². The molecule has 0 amide bonds. The smallest absolute Gasteiger partial charge is 0.326 e. The van der Waals surface area contributed by atoms with Gasteiger partial charge in [0.25, 0.3) is 0 Å². The van der Waals surface area contributed by atoms with Crippen LogP contribution < -0.4 is 5.69 Å². The van der Waals surface area contributed by atoms with E-state index in [-0.39, 0.29) is 5.69 Å². The molecule has 3 rings (SSSR count). The van der Waals surface area contributed by atoms with Crippen molar-refractivity contribution in [2.75, 3.05) is 13.1 Å². The van der Waals surface area contributed by atoms with Crippen LogP contribution in [0.1, 0.15) is 18.9 Å². The Labute approximate surface area is 99.9 Å². The maximum Gasteiger partial charge on any atom is 0.326 e. The first-order valence-electron chi connectivity index (χ1n) is 6.00. The summed E-state index contributed by atoms with van der Waals surface area (Å²) in [5.74, 6) is 0. The molecule has 17 heavy (non-hydrogen) atoms. The van der Waals surface area contributed by atoms with Crippen molar-refractivity contribution in [3.63, 3.8) is 0 Å². The van der Waals surface area contributed by atoms with E-state index in [0.29, 0.717) is 6.04 Å². The summed E-state index contributed by atoms with van der Waals surface area (Å²) in [6, 6.07) is 8.17. The third-order valence-corrected chi connectivity index (χ3v) is 3.55. The lowest BCUT2D eigenvalue weighted by atomic mass is 10.1. The lowest BCUT2D eigenvalue weighted by Crippen LogP contribution is -2.33. The van der Waals surface area contributed by atoms with Crippen LogP contribution >= 0.6 is 0 Å². The molecule has 1 fully saturated rings. The fourth-order valence-electron chi connectivity index (χ4n) is 2.61. The first kappa shape index (κ1) is 10.6. The zero-order valence-electron chi connectivity index (χ0n) is 9.72. The normalized spacial score (nSPS) is 18.9. The zero-order valence-corrected chi connectivity index (χ0v) is 9.72. The highest BCUT2D eigenvalue weighted by atomic mass is 16.1. The molecule has 4 nitrogen and oxygen atoms in total. The summed E-state index contributed by atoms with van der Waals surface area (Å²) >= 11 is 0. The number of para-hydroxylation sites is 2. The maximum absolute atomic E-state index is 12.0. The number of piperidine rings is 1. The highest BCUT2D eigenvalue weighted by Gasteiger charge is 2.19. The van der Waals surface area contributed by atoms with Gasteiger partial charge >= 0.3 is 5.69 Å². The molecule has 0 saturated carbocycles. The molecule has 2 aromatic rings. The largest absolute Gasteiger partial charge is 0.459 e. The predicted molar refractivity (Wildman–Crippen MR) is 67.8 cm³/mol. The summed E-state index contributed by atoms with van der Waals surface area (Å²) in [6.45, 7) is 1.91. The van der Waals surface area contributed by atoms with Crippen LogP contribution in [0.2, 0.25) is 0 Å². The van der Waals surface area contributed by atoms with E-state index in [9.17, 15) is 4.79 Å². The van der Waals surface area contributed by atoms with Crippen LogP contribution in [0.25, 0.3) is 11.0 Å². The van der Waals surface area contributed by atoms with E-state index in [1.807, 2.05) is 28.8 Å². The Morgan fingerprint density at radius 1 is 1.24 bits per heavy atom. The van der Waals surface area contributed by atoms with Gasteiger partial charge in [0.1, 0.15) is 0 Å². The second-order valence-electron chi connectivity index (χ2n) is 4.67. The molecule has 2 heterocycles. The molecular weight excluding hydrogens is 214 g/mol. The van der Waals surface area contributed by atoms with Crippen LogP contribution in [0.15, 0.2) is 29.1 Å². The quantitative estimate of drug-likeness (QED) is 0.758. The van der Waals surface area contributed by atoms with Gasteiger partial charge in [0.15, 0.2) is 0 Å². The van der Waals surface area contributed by atoms with Crippen molar-refractivity contribution in [2.45, 2.75) is 18.9 Å². The SMILES string of the molecule is [CH2-]N1CCC(n2c(=O)[nH]c3ccccc32)CC1. The van der Waals surface area contributed by atoms with E-state index < -0.39 is 0 Å². The standard InChI is InChI=1S/C13H16N3O/c1-15-8-6-10(7-9-15)16-12-5-3-2-4-11(12)14-13(16)17/h2-5,10H,1,6-9H2,(H,14,17)/q-1. The molecule has 0 unspecified atom stereocenters. The molecule has 1 aliphatic heterocycles. The molecule has 0 bridgehead atoms. The van der Waals surface area contributed by atoms with Crippen molar-refractivity contribution in [1.82, 2.24) is 14.5 Å². The number of fused-ring (bicyclic) bond motifs is 1. The lowest BCUT2D eigenvalue weighted by Gasteiger charge is -2.34. The monoisotopic (exact) mass is 230 g/mol. The number of aromatic amines is 1. The number of aromatic nitrogens is 2. The molecule has 4 heteroatoms. The first-order valence-corrected chi connectivity index (χ1v) is 6.00. The Bertz CT molecular complexity index is 576. The van der Waals surface area contributed by atoms with Crippen molar-refractivity contribution in [3.05, 3.63) is 41.8 Å². The number of likely N-dealkylation sites (tertiary alicyclic amines) is 1. The fraction of sp³-hybridized carbons (Fsp3) is 0.385. The van der Waals surface area contributed by atoms with Gasteiger partial charge in [0.05, 0.1) is 11.0 Å². The summed E-state index contributed by atoms with van der Waals surface area (Å²) in [4.78, 5) is 17.0. The minimum absolute atomic E-state index is 0.00807. The Balaban J connectivity index is 2.05. The predicted octanol–water partition coefficient (Wildman–Crippen LogP) is 1.76.